The molecule has 0 spiro atoms. The molecule has 1 aliphatic heterocycles. The number of amides is 2. The van der Waals surface area contributed by atoms with Crippen molar-refractivity contribution in [2.45, 2.75) is 89.9 Å². The fourth-order valence-corrected chi connectivity index (χ4v) is 7.15. The van der Waals surface area contributed by atoms with Gasteiger partial charge in [0.05, 0.1) is 53.3 Å². The summed E-state index contributed by atoms with van der Waals surface area (Å²) in [6.07, 6.45) is -3.77. The molecule has 4 aromatic rings. The Morgan fingerprint density at radius 2 is 1.72 bits per heavy atom. The number of rotatable bonds is 15. The summed E-state index contributed by atoms with van der Waals surface area (Å²) in [5, 5.41) is 10.9. The number of furan rings is 1. The van der Waals surface area contributed by atoms with Crippen LogP contribution < -0.4 is 9.64 Å². The summed E-state index contributed by atoms with van der Waals surface area (Å²) in [7, 11) is 1.64. The van der Waals surface area contributed by atoms with Crippen LogP contribution in [0, 0.1) is 17.0 Å². The summed E-state index contributed by atoms with van der Waals surface area (Å²) in [6.45, 7) is 13.3. The average Bonchev–Trinajstić information content (AvgIpc) is 3.92. The molecule has 1 aromatic heterocycles. The van der Waals surface area contributed by atoms with Crippen molar-refractivity contribution < 1.29 is 65.4 Å². The maximum absolute atomic E-state index is 12.8. The molecular weight excluding hydrogens is 973 g/mol. The topological polar surface area (TPSA) is 177 Å². The lowest BCUT2D eigenvalue weighted by Gasteiger charge is -2.31. The van der Waals surface area contributed by atoms with E-state index in [4.69, 9.17) is 74.5 Å². The minimum atomic E-state index is -4.61. The van der Waals surface area contributed by atoms with Gasteiger partial charge in [0, 0.05) is 19.2 Å². The lowest BCUT2D eigenvalue weighted by atomic mass is 10.0. The van der Waals surface area contributed by atoms with E-state index in [1.54, 1.807) is 45.1 Å². The largest absolute Gasteiger partial charge is 0.467 e. The molecule has 1 saturated heterocycles. The van der Waals surface area contributed by atoms with Crippen LogP contribution in [-0.4, -0.2) is 89.0 Å². The van der Waals surface area contributed by atoms with Crippen molar-refractivity contribution in [3.05, 3.63) is 116 Å². The van der Waals surface area contributed by atoms with Crippen molar-refractivity contribution in [1.29, 1.82) is 0 Å². The highest BCUT2D eigenvalue weighted by Gasteiger charge is 2.45. The van der Waals surface area contributed by atoms with E-state index in [-0.39, 0.29) is 53.0 Å². The third-order valence-electron chi connectivity index (χ3n) is 9.69. The Labute approximate surface area is 405 Å². The van der Waals surface area contributed by atoms with Crippen LogP contribution in [0.1, 0.15) is 80.5 Å². The second-order valence-electron chi connectivity index (χ2n) is 14.9. The van der Waals surface area contributed by atoms with Gasteiger partial charge in [-0.1, -0.05) is 59.9 Å². The first-order valence-electron chi connectivity index (χ1n) is 20.4. The molecule has 1 aliphatic rings. The zero-order chi connectivity index (χ0) is 50.4. The number of nitro benzene ring substituents is 1. The number of methoxy groups -OCH3 is 1. The molecule has 2 heterocycles. The number of benzene rings is 3. The van der Waals surface area contributed by atoms with Crippen molar-refractivity contribution in [3.8, 4) is 11.5 Å². The van der Waals surface area contributed by atoms with E-state index >= 15 is 0 Å². The van der Waals surface area contributed by atoms with Crippen LogP contribution in [0.5, 0.6) is 11.5 Å². The number of hydrogen-bond acceptors (Lipinski definition) is 12. The summed E-state index contributed by atoms with van der Waals surface area (Å²) in [6, 6.07) is 15.0. The normalized spacial score (nSPS) is 15.0. The molecule has 3 unspecified atom stereocenters. The van der Waals surface area contributed by atoms with Crippen molar-refractivity contribution >= 4 is 81.5 Å². The van der Waals surface area contributed by atoms with Crippen molar-refractivity contribution in [1.82, 2.24) is 4.90 Å². The summed E-state index contributed by atoms with van der Waals surface area (Å²) in [5.41, 5.74) is 0.304. The van der Waals surface area contributed by atoms with Crippen molar-refractivity contribution in [2.75, 3.05) is 37.6 Å². The number of alkyl halides is 6. The number of aryl methyl sites for hydroxylation is 2. The molecule has 3 atom stereocenters. The number of carbonyl (C=O) groups excluding carboxylic acids is 4. The second-order valence-corrected chi connectivity index (χ2v) is 16.7. The van der Waals surface area contributed by atoms with Gasteiger partial charge < -0.3 is 37.9 Å². The second kappa shape index (κ2) is 25.3. The number of nitrogens with zero attached hydrogens (tertiary/aromatic N) is 3. The lowest BCUT2D eigenvalue weighted by Crippen LogP contribution is -2.45. The summed E-state index contributed by atoms with van der Waals surface area (Å²) in [5.74, 6) is -2.13. The molecule has 22 heteroatoms. The standard InChI is InChI=1S/C19H15ClF3NO7.C15H22ClNO2.C11H13Cl2NO3/c1-3-29-17(25)10(2)30-18(26)13-9-12(5-6-15(13)24(27)28)31-16-7-4-11(8-14(16)20)19(21,22)23;1-5-13-8-6-7-11(2)15(13)17(14(18)9-16)12(3)10-19-4;1-11(2)14(10(15)9(12)13)6-8(17-11)7-4-3-5-16-7/h4-10H,3H2,1-2H3;6-8,12H,5,9-10H2,1-4H3;3-5,8-9H,6H2,1-2H3. The number of anilines is 1. The van der Waals surface area contributed by atoms with Gasteiger partial charge in [0.15, 0.2) is 10.9 Å². The summed E-state index contributed by atoms with van der Waals surface area (Å²) < 4.78 is 69.4. The fraction of sp³-hybridized carbons (Fsp3) is 0.422. The molecule has 1 fully saturated rings. The lowest BCUT2D eigenvalue weighted by molar-refractivity contribution is -0.385. The van der Waals surface area contributed by atoms with Gasteiger partial charge in [-0.15, -0.1) is 11.6 Å². The van der Waals surface area contributed by atoms with Crippen molar-refractivity contribution in [2.24, 2.45) is 0 Å². The summed E-state index contributed by atoms with van der Waals surface area (Å²) in [4.78, 5) is 60.6. The maximum Gasteiger partial charge on any atom is 0.416 e. The Morgan fingerprint density at radius 3 is 2.25 bits per heavy atom. The number of halogens is 7. The minimum Gasteiger partial charge on any atom is -0.467 e. The highest BCUT2D eigenvalue weighted by Crippen LogP contribution is 2.39. The molecule has 0 bridgehead atoms. The number of esters is 2. The molecular formula is C45H50Cl4F3N3O12. The summed E-state index contributed by atoms with van der Waals surface area (Å²) >= 11 is 22.8. The van der Waals surface area contributed by atoms with E-state index in [0.29, 0.717) is 25.0 Å². The predicted octanol–water partition coefficient (Wildman–Crippen LogP) is 11.1. The van der Waals surface area contributed by atoms with Crippen LogP contribution in [0.4, 0.5) is 24.5 Å². The maximum atomic E-state index is 12.8. The van der Waals surface area contributed by atoms with Gasteiger partial charge in [0.25, 0.3) is 11.6 Å². The van der Waals surface area contributed by atoms with E-state index < -0.39 is 56.5 Å². The smallest absolute Gasteiger partial charge is 0.416 e. The first kappa shape index (κ1) is 56.2. The SMILES string of the molecule is CC1(C)OC(c2ccco2)CN1C(=O)C(Cl)Cl.CCOC(=O)C(C)OC(=O)c1cc(Oc2ccc(C(F)(F)F)cc2Cl)ccc1[N+](=O)[O-].CCc1cccc(C)c1N(C(=O)CCl)C(C)COC. The molecule has 67 heavy (non-hydrogen) atoms. The zero-order valence-corrected chi connectivity index (χ0v) is 40.7. The Bertz CT molecular complexity index is 2330. The highest BCUT2D eigenvalue weighted by molar-refractivity contribution is 6.53. The third kappa shape index (κ3) is 15.5. The minimum absolute atomic E-state index is 0.0223. The zero-order valence-electron chi connectivity index (χ0n) is 37.7. The number of nitro groups is 1. The van der Waals surface area contributed by atoms with E-state index in [9.17, 15) is 42.5 Å². The number of ether oxygens (including phenoxy) is 5. The van der Waals surface area contributed by atoms with Crippen LogP contribution in [0.3, 0.4) is 0 Å². The first-order chi connectivity index (χ1) is 31.4. The molecule has 3 aromatic carbocycles. The van der Waals surface area contributed by atoms with E-state index in [0.717, 1.165) is 53.6 Å². The molecule has 0 radical (unpaired) electrons. The molecule has 2 amide bonds. The van der Waals surface area contributed by atoms with Crippen LogP contribution in [0.15, 0.2) is 77.4 Å². The van der Waals surface area contributed by atoms with E-state index in [1.165, 1.54) is 11.8 Å². The number of hydrogen-bond donors (Lipinski definition) is 0. The Kier molecular flexibility index (Phi) is 21.2. The van der Waals surface area contributed by atoms with Gasteiger partial charge in [0.1, 0.15) is 40.5 Å². The van der Waals surface area contributed by atoms with Gasteiger partial charge in [0.2, 0.25) is 5.91 Å². The van der Waals surface area contributed by atoms with Crippen LogP contribution in [-0.2, 0) is 45.9 Å². The fourth-order valence-electron chi connectivity index (χ4n) is 6.57. The Morgan fingerprint density at radius 1 is 1.03 bits per heavy atom. The van der Waals surface area contributed by atoms with Crippen LogP contribution >= 0.6 is 46.4 Å². The molecule has 0 saturated carbocycles. The van der Waals surface area contributed by atoms with Gasteiger partial charge >= 0.3 is 18.1 Å². The Hall–Kier alpha value is -5.11. The third-order valence-corrected chi connectivity index (χ3v) is 10.6. The molecule has 5 rings (SSSR count). The monoisotopic (exact) mass is 1020 g/mol. The van der Waals surface area contributed by atoms with Gasteiger partial charge in [-0.2, -0.15) is 13.2 Å². The molecule has 0 N–H and O–H groups in total. The van der Waals surface area contributed by atoms with Gasteiger partial charge in [-0.3, -0.25) is 19.7 Å². The van der Waals surface area contributed by atoms with E-state index in [1.807, 2.05) is 32.0 Å². The number of carbonyl (C=O) groups is 4. The number of para-hydroxylation sites is 1. The van der Waals surface area contributed by atoms with Crippen molar-refractivity contribution in [3.63, 3.8) is 0 Å². The average molecular weight is 1020 g/mol. The molecule has 0 aliphatic carbocycles. The van der Waals surface area contributed by atoms with Gasteiger partial charge in [-0.05, 0) is 95.5 Å². The molecule has 366 valence electrons. The van der Waals surface area contributed by atoms with Crippen LogP contribution in [0.2, 0.25) is 5.02 Å². The predicted molar refractivity (Wildman–Crippen MR) is 245 cm³/mol. The quantitative estimate of drug-likeness (QED) is 0.0477. The van der Waals surface area contributed by atoms with Crippen LogP contribution in [0.25, 0.3) is 0 Å². The molecule has 15 nitrogen and oxygen atoms in total. The van der Waals surface area contributed by atoms with Gasteiger partial charge in [-0.25, -0.2) is 9.59 Å². The first-order valence-corrected chi connectivity index (χ1v) is 22.2. The highest BCUT2D eigenvalue weighted by atomic mass is 35.5. The Balaban J connectivity index is 0.000000284. The van der Waals surface area contributed by atoms with E-state index in [2.05, 4.69) is 13.0 Å².